The molecule has 5 nitrogen and oxygen atoms in total. The third-order valence-corrected chi connectivity index (χ3v) is 7.76. The maximum atomic E-state index is 9.83. The van der Waals surface area contributed by atoms with Gasteiger partial charge in [0.25, 0.3) is 0 Å². The summed E-state index contributed by atoms with van der Waals surface area (Å²) in [4.78, 5) is 0. The highest BCUT2D eigenvalue weighted by molar-refractivity contribution is 4.93. The first-order valence-corrected chi connectivity index (χ1v) is 12.3. The van der Waals surface area contributed by atoms with Gasteiger partial charge in [-0.2, -0.15) is 0 Å². The summed E-state index contributed by atoms with van der Waals surface area (Å²) in [6.45, 7) is 7.03. The molecule has 2 heterocycles. The summed E-state index contributed by atoms with van der Waals surface area (Å²) >= 11 is 0. The SMILES string of the molecule is CCCC1OC(CC(C)O)CC(CC2COC(C3CC4CCC3C4)OC2CC)O1. The molecule has 2 bridgehead atoms. The Morgan fingerprint density at radius 1 is 1.00 bits per heavy atom. The molecule has 168 valence electrons. The van der Waals surface area contributed by atoms with Crippen LogP contribution >= 0.6 is 0 Å². The van der Waals surface area contributed by atoms with E-state index in [-0.39, 0.29) is 37.0 Å². The molecule has 10 unspecified atom stereocenters. The van der Waals surface area contributed by atoms with E-state index in [0.717, 1.165) is 50.5 Å². The molecule has 0 spiro atoms. The second kappa shape index (κ2) is 9.95. The molecular weight excluding hydrogens is 368 g/mol. The van der Waals surface area contributed by atoms with Crippen LogP contribution in [0.3, 0.4) is 0 Å². The Hall–Kier alpha value is -0.200. The summed E-state index contributed by atoms with van der Waals surface area (Å²) in [7, 11) is 0. The van der Waals surface area contributed by atoms with Gasteiger partial charge in [-0.25, -0.2) is 0 Å². The van der Waals surface area contributed by atoms with Crippen LogP contribution in [0.25, 0.3) is 0 Å². The van der Waals surface area contributed by atoms with E-state index in [4.69, 9.17) is 18.9 Å². The van der Waals surface area contributed by atoms with Gasteiger partial charge in [0.2, 0.25) is 0 Å². The molecule has 29 heavy (non-hydrogen) atoms. The fourth-order valence-electron chi connectivity index (χ4n) is 6.41. The quantitative estimate of drug-likeness (QED) is 0.631. The lowest BCUT2D eigenvalue weighted by Gasteiger charge is -2.43. The van der Waals surface area contributed by atoms with Gasteiger partial charge in [-0.05, 0) is 63.7 Å². The predicted molar refractivity (Wildman–Crippen MR) is 111 cm³/mol. The van der Waals surface area contributed by atoms with Crippen molar-refractivity contribution in [3.63, 3.8) is 0 Å². The van der Waals surface area contributed by atoms with Crippen LogP contribution in [0.4, 0.5) is 0 Å². The van der Waals surface area contributed by atoms with E-state index in [1.54, 1.807) is 0 Å². The predicted octanol–water partition coefficient (Wildman–Crippen LogP) is 4.65. The fourth-order valence-corrected chi connectivity index (χ4v) is 6.41. The standard InChI is InChI=1S/C24H42O5/c1-4-6-23-27-19(9-15(3)25)13-20(28-23)12-18-14-26-24(29-22(18)5-2)21-11-16-7-8-17(21)10-16/h15-25H,4-14H2,1-3H3. The molecule has 5 heteroatoms. The third kappa shape index (κ3) is 5.35. The summed E-state index contributed by atoms with van der Waals surface area (Å²) in [5.74, 6) is 2.75. The molecule has 10 atom stereocenters. The number of aliphatic hydroxyl groups is 1. The van der Waals surface area contributed by atoms with Crippen molar-refractivity contribution in [2.45, 2.75) is 122 Å². The Bertz CT molecular complexity index is 511. The summed E-state index contributed by atoms with van der Waals surface area (Å²) in [5.41, 5.74) is 0. The van der Waals surface area contributed by atoms with Crippen LogP contribution < -0.4 is 0 Å². The van der Waals surface area contributed by atoms with Crippen molar-refractivity contribution >= 4 is 0 Å². The molecule has 1 N–H and O–H groups in total. The van der Waals surface area contributed by atoms with Gasteiger partial charge in [-0.3, -0.25) is 0 Å². The van der Waals surface area contributed by atoms with Crippen molar-refractivity contribution in [3.05, 3.63) is 0 Å². The smallest absolute Gasteiger partial charge is 0.161 e. The average molecular weight is 411 g/mol. The van der Waals surface area contributed by atoms with Crippen LogP contribution in [0, 0.1) is 23.7 Å². The van der Waals surface area contributed by atoms with Crippen molar-refractivity contribution in [2.75, 3.05) is 6.61 Å². The Labute approximate surface area is 176 Å². The molecule has 0 amide bonds. The van der Waals surface area contributed by atoms with Crippen molar-refractivity contribution in [1.82, 2.24) is 0 Å². The van der Waals surface area contributed by atoms with E-state index >= 15 is 0 Å². The minimum absolute atomic E-state index is 0.0120. The lowest BCUT2D eigenvalue weighted by atomic mass is 9.86. The number of rotatable bonds is 8. The van der Waals surface area contributed by atoms with Crippen LogP contribution in [0.5, 0.6) is 0 Å². The lowest BCUT2D eigenvalue weighted by molar-refractivity contribution is -0.281. The van der Waals surface area contributed by atoms with Crippen LogP contribution in [0.15, 0.2) is 0 Å². The minimum Gasteiger partial charge on any atom is -0.393 e. The molecular formula is C24H42O5. The number of hydrogen-bond donors (Lipinski definition) is 1. The number of fused-ring (bicyclic) bond motifs is 2. The van der Waals surface area contributed by atoms with Gasteiger partial charge in [-0.15, -0.1) is 0 Å². The Morgan fingerprint density at radius 3 is 2.48 bits per heavy atom. The lowest BCUT2D eigenvalue weighted by Crippen LogP contribution is -2.47. The van der Waals surface area contributed by atoms with Gasteiger partial charge in [0.1, 0.15) is 0 Å². The molecule has 4 aliphatic rings. The highest BCUT2D eigenvalue weighted by Gasteiger charge is 2.47. The highest BCUT2D eigenvalue weighted by Crippen LogP contribution is 2.51. The first-order chi connectivity index (χ1) is 14.1. The molecule has 0 radical (unpaired) electrons. The molecule has 0 aromatic rings. The van der Waals surface area contributed by atoms with Crippen LogP contribution in [-0.4, -0.2) is 48.7 Å². The van der Waals surface area contributed by atoms with Gasteiger partial charge < -0.3 is 24.1 Å². The highest BCUT2D eigenvalue weighted by atomic mass is 16.7. The Morgan fingerprint density at radius 2 is 1.83 bits per heavy atom. The van der Waals surface area contributed by atoms with Gasteiger partial charge in [-0.1, -0.05) is 26.7 Å². The van der Waals surface area contributed by atoms with Crippen LogP contribution in [0.2, 0.25) is 0 Å². The van der Waals surface area contributed by atoms with E-state index in [2.05, 4.69) is 13.8 Å². The Kier molecular flexibility index (Phi) is 7.55. The molecule has 4 rings (SSSR count). The molecule has 0 aromatic carbocycles. The van der Waals surface area contributed by atoms with Crippen LogP contribution in [-0.2, 0) is 18.9 Å². The van der Waals surface area contributed by atoms with E-state index in [9.17, 15) is 5.11 Å². The first kappa shape index (κ1) is 22.0. The molecule has 4 fully saturated rings. The summed E-state index contributed by atoms with van der Waals surface area (Å²) < 4.78 is 25.2. The molecule has 0 aromatic heterocycles. The largest absolute Gasteiger partial charge is 0.393 e. The Balaban J connectivity index is 1.32. The van der Waals surface area contributed by atoms with Crippen molar-refractivity contribution < 1.29 is 24.1 Å². The van der Waals surface area contributed by atoms with Gasteiger partial charge >= 0.3 is 0 Å². The topological polar surface area (TPSA) is 57.2 Å². The molecule has 2 aliphatic carbocycles. The van der Waals surface area contributed by atoms with Crippen LogP contribution in [0.1, 0.15) is 85.0 Å². The van der Waals surface area contributed by atoms with Crippen molar-refractivity contribution in [2.24, 2.45) is 23.7 Å². The first-order valence-electron chi connectivity index (χ1n) is 12.3. The van der Waals surface area contributed by atoms with Crippen molar-refractivity contribution in [3.8, 4) is 0 Å². The van der Waals surface area contributed by atoms with E-state index in [1.165, 1.54) is 25.7 Å². The fraction of sp³-hybridized carbons (Fsp3) is 1.00. The zero-order valence-electron chi connectivity index (χ0n) is 18.6. The molecule has 2 saturated heterocycles. The summed E-state index contributed by atoms with van der Waals surface area (Å²) in [5, 5.41) is 9.83. The van der Waals surface area contributed by atoms with Gasteiger partial charge in [0, 0.05) is 18.3 Å². The monoisotopic (exact) mass is 410 g/mol. The van der Waals surface area contributed by atoms with E-state index in [0.29, 0.717) is 18.3 Å². The second-order valence-corrected chi connectivity index (χ2v) is 10.2. The summed E-state index contributed by atoms with van der Waals surface area (Å²) in [6, 6.07) is 0. The van der Waals surface area contributed by atoms with E-state index < -0.39 is 0 Å². The average Bonchev–Trinajstić information content (AvgIpc) is 3.31. The maximum absolute atomic E-state index is 9.83. The minimum atomic E-state index is -0.340. The normalized spacial score (nSPS) is 46.1. The van der Waals surface area contributed by atoms with Gasteiger partial charge in [0.05, 0.1) is 31.0 Å². The van der Waals surface area contributed by atoms with Gasteiger partial charge in [0.15, 0.2) is 12.6 Å². The zero-order chi connectivity index (χ0) is 20.4. The maximum Gasteiger partial charge on any atom is 0.161 e. The second-order valence-electron chi connectivity index (χ2n) is 10.2. The molecule has 2 saturated carbocycles. The summed E-state index contributed by atoms with van der Waals surface area (Å²) in [6.07, 6.45) is 11.0. The van der Waals surface area contributed by atoms with E-state index in [1.807, 2.05) is 6.92 Å². The van der Waals surface area contributed by atoms with Crippen molar-refractivity contribution in [1.29, 1.82) is 0 Å². The molecule has 2 aliphatic heterocycles. The number of ether oxygens (including phenoxy) is 4. The third-order valence-electron chi connectivity index (χ3n) is 7.76. The zero-order valence-corrected chi connectivity index (χ0v) is 18.6. The number of aliphatic hydroxyl groups excluding tert-OH is 1. The number of hydrogen-bond acceptors (Lipinski definition) is 5.